The highest BCUT2D eigenvalue weighted by Gasteiger charge is 2.12. The van der Waals surface area contributed by atoms with Gasteiger partial charge < -0.3 is 63.8 Å². The molecule has 620 valence electrons. The lowest BCUT2D eigenvalue weighted by molar-refractivity contribution is 0.790. The molecule has 0 fully saturated rings. The van der Waals surface area contributed by atoms with E-state index in [1.165, 1.54) is 11.1 Å². The van der Waals surface area contributed by atoms with E-state index < -0.39 is 0 Å². The second-order valence-corrected chi connectivity index (χ2v) is 30.5. The van der Waals surface area contributed by atoms with Crippen molar-refractivity contribution in [2.75, 3.05) is 116 Å². The highest BCUT2D eigenvalue weighted by Crippen LogP contribution is 2.30. The highest BCUT2D eigenvalue weighted by atomic mass is 35.5. The third-order valence-corrected chi connectivity index (χ3v) is 19.7. The number of pyridine rings is 4. The molecule has 0 aliphatic heterocycles. The predicted molar refractivity (Wildman–Crippen MR) is 509 cm³/mol. The zero-order valence-electron chi connectivity index (χ0n) is 68.6. The number of hydrogen-bond donors (Lipinski definition) is 12. The molecule has 12 N–H and O–H groups in total. The molecule has 0 amide bonds. The fraction of sp³-hybridized carbons (Fsp3) is 0.191. The molecule has 0 radical (unpaired) electrons. The van der Waals surface area contributed by atoms with Gasteiger partial charge in [0.1, 0.15) is 23.3 Å². The van der Waals surface area contributed by atoms with Crippen molar-refractivity contribution in [2.24, 2.45) is 0 Å². The summed E-state index contributed by atoms with van der Waals surface area (Å²) < 4.78 is 0. The summed E-state index contributed by atoms with van der Waals surface area (Å²) in [6, 6.07) is 75.1. The Morgan fingerprint density at radius 2 is 0.475 bits per heavy atom. The minimum absolute atomic E-state index is 0.595. The summed E-state index contributed by atoms with van der Waals surface area (Å²) in [6.45, 7) is 18.2. The Kier molecular flexibility index (Phi) is 31.1. The standard InChI is InChI=1S/2C24H25ClN6.2C23H23ClN6/c1-16-4-7-19(8-5-16)30-23-14-17(2)29-24(31-23)28-12-3-11-26-21-10-13-27-22-15-18(25)6-9-20(21)22;1-17-15-23(30-19-7-3-2-4-8-19)31-24(29-17)28-13-6-5-12-26-21-11-14-27-22-16-18(25)9-10-20(21)22;1-15-3-6-18(7-4-15)29-22-13-16(2)28-23(30-22)27-12-11-26-20-9-10-25-21-14-17(24)5-8-19(20)21;1-16-14-22(29-18-6-3-2-4-7-18)30-23(28-16)27-12-5-11-25-20-10-13-26-21-15-17(24)8-9-19(20)21/h4-10,13-15H,3,11-12H2,1-2H3,(H,26,27)(H2,28,29,30,31);2-4,7-11,14-16H,5-6,12-13H2,1H3,(H,26,27)(H2,28,29,30,31);3-10,13-14H,11-12H2,1-2H3,(H,25,26)(H2,27,28,29,30);2-4,6-10,13-15H,5,11-12H2,1H3,(H,25,26)(H2,27,28,29,30). The van der Waals surface area contributed by atoms with E-state index in [4.69, 9.17) is 46.4 Å². The maximum atomic E-state index is 6.06. The summed E-state index contributed by atoms with van der Waals surface area (Å²) in [4.78, 5) is 53.7. The molecule has 8 aromatic heterocycles. The summed E-state index contributed by atoms with van der Waals surface area (Å²) in [6.07, 6.45) is 11.0. The van der Waals surface area contributed by atoms with E-state index in [-0.39, 0.29) is 0 Å². The Balaban J connectivity index is 0.000000140. The molecule has 122 heavy (non-hydrogen) atoms. The smallest absolute Gasteiger partial charge is 0.224 e. The van der Waals surface area contributed by atoms with Gasteiger partial charge in [-0.3, -0.25) is 19.9 Å². The van der Waals surface area contributed by atoms with Crippen molar-refractivity contribution in [1.29, 1.82) is 0 Å². The van der Waals surface area contributed by atoms with Crippen LogP contribution in [0.15, 0.2) is 255 Å². The van der Waals surface area contributed by atoms with Crippen LogP contribution in [0, 0.1) is 41.5 Å². The first-order chi connectivity index (χ1) is 59.5. The van der Waals surface area contributed by atoms with Crippen LogP contribution in [0.1, 0.15) is 59.6 Å². The second-order valence-electron chi connectivity index (χ2n) is 28.7. The van der Waals surface area contributed by atoms with Crippen molar-refractivity contribution in [2.45, 2.75) is 67.2 Å². The minimum atomic E-state index is 0.595. The molecular weight excluding hydrogens is 1610 g/mol. The first kappa shape index (κ1) is 86.3. The monoisotopic (exact) mass is 1700 g/mol. The van der Waals surface area contributed by atoms with Crippen LogP contribution in [0.5, 0.6) is 0 Å². The molecule has 24 nitrogen and oxygen atoms in total. The van der Waals surface area contributed by atoms with Crippen LogP contribution < -0.4 is 63.8 Å². The molecule has 0 spiro atoms. The van der Waals surface area contributed by atoms with Gasteiger partial charge in [-0.2, -0.15) is 19.9 Å². The Morgan fingerprint density at radius 3 is 0.779 bits per heavy atom. The van der Waals surface area contributed by atoms with E-state index in [9.17, 15) is 0 Å². The summed E-state index contributed by atoms with van der Waals surface area (Å²) >= 11 is 24.2. The molecule has 0 saturated carbocycles. The zero-order valence-corrected chi connectivity index (χ0v) is 71.6. The first-order valence-corrected chi connectivity index (χ1v) is 41.8. The largest absolute Gasteiger partial charge is 0.384 e. The number of aromatic nitrogens is 12. The number of halogens is 4. The van der Waals surface area contributed by atoms with Crippen LogP contribution in [0.4, 0.5) is 92.6 Å². The maximum Gasteiger partial charge on any atom is 0.224 e. The Morgan fingerprint density at radius 1 is 0.230 bits per heavy atom. The van der Waals surface area contributed by atoms with Crippen molar-refractivity contribution in [3.8, 4) is 0 Å². The average Bonchev–Trinajstić information content (AvgIpc) is 0.819. The van der Waals surface area contributed by atoms with Crippen molar-refractivity contribution >= 4 is 183 Å². The number of fused-ring (bicyclic) bond motifs is 4. The summed E-state index contributed by atoms with van der Waals surface area (Å²) in [7, 11) is 0. The molecule has 0 unspecified atom stereocenters. The molecule has 0 aliphatic carbocycles. The van der Waals surface area contributed by atoms with Gasteiger partial charge in [-0.1, -0.05) is 118 Å². The van der Waals surface area contributed by atoms with Gasteiger partial charge in [0, 0.05) is 211 Å². The van der Waals surface area contributed by atoms with E-state index in [2.05, 4.69) is 162 Å². The number of aryl methyl sites for hydroxylation is 6. The highest BCUT2D eigenvalue weighted by molar-refractivity contribution is 6.32. The van der Waals surface area contributed by atoms with Crippen LogP contribution in [0.2, 0.25) is 20.1 Å². The molecule has 16 rings (SSSR count). The molecule has 0 bridgehead atoms. The van der Waals surface area contributed by atoms with Crippen molar-refractivity contribution in [3.05, 3.63) is 309 Å². The lowest BCUT2D eigenvalue weighted by atomic mass is 10.2. The van der Waals surface area contributed by atoms with Gasteiger partial charge in [0.25, 0.3) is 0 Å². The topological polar surface area (TPSA) is 299 Å². The number of benzene rings is 8. The third kappa shape index (κ3) is 26.7. The van der Waals surface area contributed by atoms with Crippen LogP contribution in [-0.4, -0.2) is 112 Å². The van der Waals surface area contributed by atoms with Gasteiger partial charge in [-0.05, 0) is 213 Å². The second kappa shape index (κ2) is 44.0. The van der Waals surface area contributed by atoms with Gasteiger partial charge in [-0.15, -0.1) is 0 Å². The number of rotatable bonds is 32. The number of nitrogens with zero attached hydrogens (tertiary/aromatic N) is 12. The number of unbranched alkanes of at least 4 members (excludes halogenated alkanes) is 1. The number of hydrogen-bond acceptors (Lipinski definition) is 24. The molecule has 0 aliphatic rings. The Labute approximate surface area is 730 Å². The zero-order chi connectivity index (χ0) is 84.8. The molecule has 16 aromatic rings. The third-order valence-electron chi connectivity index (χ3n) is 18.8. The summed E-state index contributed by atoms with van der Waals surface area (Å²) in [5.74, 6) is 5.58. The first-order valence-electron chi connectivity index (χ1n) is 40.3. The van der Waals surface area contributed by atoms with Crippen LogP contribution >= 0.6 is 46.4 Å². The lowest BCUT2D eigenvalue weighted by Gasteiger charge is -2.12. The number of nitrogens with one attached hydrogen (secondary N) is 12. The van der Waals surface area contributed by atoms with Crippen LogP contribution in [-0.2, 0) is 0 Å². The fourth-order valence-electron chi connectivity index (χ4n) is 12.9. The SMILES string of the molecule is Cc1cc(Nc2ccccc2)nc(NCCCCNc2ccnc3cc(Cl)ccc23)n1.Cc1cc(Nc2ccccc2)nc(NCCCNc2ccnc3cc(Cl)ccc23)n1.Cc1ccc(Nc2cc(C)nc(NCCCNc3ccnc4cc(Cl)ccc34)n2)cc1.Cc1ccc(Nc2cc(C)nc(NCCNc3ccnc4cc(Cl)ccc34)n2)cc1. The fourth-order valence-corrected chi connectivity index (χ4v) is 13.6. The lowest BCUT2D eigenvalue weighted by Crippen LogP contribution is -2.16. The predicted octanol–water partition coefficient (Wildman–Crippen LogP) is 23.2. The number of anilines is 16. The van der Waals surface area contributed by atoms with E-state index in [1.54, 1.807) is 24.8 Å². The molecular formula is C94H96Cl4N24. The number of para-hydroxylation sites is 2. The van der Waals surface area contributed by atoms with Crippen molar-refractivity contribution in [3.63, 3.8) is 0 Å². The quantitative estimate of drug-likeness (QED) is 0.0174. The molecule has 8 aromatic carbocycles. The van der Waals surface area contributed by atoms with Crippen LogP contribution in [0.3, 0.4) is 0 Å². The molecule has 28 heteroatoms. The average molecular weight is 1700 g/mol. The van der Waals surface area contributed by atoms with E-state index in [0.29, 0.717) is 57.0 Å². The van der Waals surface area contributed by atoms with E-state index in [1.807, 2.05) is 234 Å². The summed E-state index contributed by atoms with van der Waals surface area (Å²) in [5, 5.41) is 47.4. The van der Waals surface area contributed by atoms with E-state index >= 15 is 0 Å². The summed E-state index contributed by atoms with van der Waals surface area (Å²) in [5.41, 5.74) is 17.8. The Hall–Kier alpha value is -13.5. The van der Waals surface area contributed by atoms with E-state index in [0.717, 1.165) is 200 Å². The Bertz CT molecular complexity index is 6100. The molecule has 0 saturated heterocycles. The maximum absolute atomic E-state index is 6.06. The minimum Gasteiger partial charge on any atom is -0.384 e. The normalized spacial score (nSPS) is 10.8. The molecule has 8 heterocycles. The van der Waals surface area contributed by atoms with Gasteiger partial charge in [0.15, 0.2) is 0 Å². The van der Waals surface area contributed by atoms with Gasteiger partial charge in [0.05, 0.1) is 22.1 Å². The van der Waals surface area contributed by atoms with Gasteiger partial charge in [0.2, 0.25) is 23.8 Å². The van der Waals surface area contributed by atoms with Crippen molar-refractivity contribution in [1.82, 2.24) is 59.8 Å². The van der Waals surface area contributed by atoms with Gasteiger partial charge >= 0.3 is 0 Å². The van der Waals surface area contributed by atoms with Crippen LogP contribution in [0.25, 0.3) is 43.6 Å². The molecule has 0 atom stereocenters. The van der Waals surface area contributed by atoms with Gasteiger partial charge in [-0.25, -0.2) is 19.9 Å². The van der Waals surface area contributed by atoms with Crippen molar-refractivity contribution < 1.29 is 0 Å².